The van der Waals surface area contributed by atoms with Gasteiger partial charge < -0.3 is 19.5 Å². The molecule has 0 aliphatic heterocycles. The van der Waals surface area contributed by atoms with E-state index >= 15 is 0 Å². The van der Waals surface area contributed by atoms with Crippen LogP contribution in [0, 0.1) is 17.1 Å². The third-order valence-corrected chi connectivity index (χ3v) is 4.88. The summed E-state index contributed by atoms with van der Waals surface area (Å²) < 4.78 is 29.9. The fourth-order valence-corrected chi connectivity index (χ4v) is 3.36. The number of carbonyl (C=O) groups excluding carboxylic acids is 1. The molecule has 34 heavy (non-hydrogen) atoms. The van der Waals surface area contributed by atoms with Crippen LogP contribution in [-0.2, 0) is 11.4 Å². The Morgan fingerprint density at radius 1 is 1.15 bits per heavy atom. The van der Waals surface area contributed by atoms with Gasteiger partial charge in [-0.25, -0.2) is 4.39 Å². The third kappa shape index (κ3) is 6.50. The molecule has 0 spiro atoms. The van der Waals surface area contributed by atoms with Crippen molar-refractivity contribution in [2.75, 3.05) is 19.0 Å². The molecule has 3 aromatic carbocycles. The predicted octanol–water partition coefficient (Wildman–Crippen LogP) is 6.01. The van der Waals surface area contributed by atoms with Crippen molar-refractivity contribution in [1.82, 2.24) is 0 Å². The Bertz CT molecular complexity index is 1250. The quantitative estimate of drug-likeness (QED) is 0.299. The van der Waals surface area contributed by atoms with Crippen LogP contribution in [0.15, 0.2) is 66.2 Å². The first kappa shape index (κ1) is 24.6. The number of rotatable bonds is 9. The van der Waals surface area contributed by atoms with Crippen LogP contribution in [0.3, 0.4) is 0 Å². The normalized spacial score (nSPS) is 10.9. The van der Waals surface area contributed by atoms with Crippen LogP contribution < -0.4 is 19.5 Å². The van der Waals surface area contributed by atoms with E-state index in [1.807, 2.05) is 13.0 Å². The smallest absolute Gasteiger partial charge is 0.266 e. The number of hydrogen-bond donors (Lipinski definition) is 1. The first-order chi connectivity index (χ1) is 16.4. The molecule has 0 fully saturated rings. The molecule has 0 heterocycles. The highest BCUT2D eigenvalue weighted by atomic mass is 35.5. The molecule has 0 atom stereocenters. The van der Waals surface area contributed by atoms with Gasteiger partial charge in [0.05, 0.1) is 18.7 Å². The fraction of sp³-hybridized carbons (Fsp3) is 0.154. The maximum Gasteiger partial charge on any atom is 0.266 e. The van der Waals surface area contributed by atoms with Gasteiger partial charge in [0, 0.05) is 11.8 Å². The summed E-state index contributed by atoms with van der Waals surface area (Å²) in [7, 11) is 1.44. The van der Waals surface area contributed by atoms with Gasteiger partial charge in [-0.2, -0.15) is 5.26 Å². The molecule has 0 aliphatic carbocycles. The number of hydrogen-bond acceptors (Lipinski definition) is 5. The lowest BCUT2D eigenvalue weighted by atomic mass is 10.1. The largest absolute Gasteiger partial charge is 0.494 e. The summed E-state index contributed by atoms with van der Waals surface area (Å²) in [5.41, 5.74) is 1.45. The minimum Gasteiger partial charge on any atom is -0.494 e. The SMILES string of the molecule is CCOc1cccc(NC(=O)/C(C#N)=C\c2cc(Cl)c(OCc3cccc(F)c3)c(OC)c2)c1. The van der Waals surface area contributed by atoms with E-state index in [9.17, 15) is 14.4 Å². The maximum atomic E-state index is 13.4. The number of nitrogens with one attached hydrogen (secondary N) is 1. The van der Waals surface area contributed by atoms with Crippen molar-refractivity contribution in [2.45, 2.75) is 13.5 Å². The van der Waals surface area contributed by atoms with Crippen LogP contribution in [-0.4, -0.2) is 19.6 Å². The second kappa shape index (κ2) is 11.7. The standard InChI is InChI=1S/C26H22ClFN2O4/c1-3-33-22-9-5-8-21(14-22)30-26(31)19(15-29)10-18-12-23(27)25(24(13-18)32-2)34-16-17-6-4-7-20(28)11-17/h4-14H,3,16H2,1-2H3,(H,30,31)/b19-10-. The number of anilines is 1. The van der Waals surface area contributed by atoms with Crippen molar-refractivity contribution >= 4 is 29.3 Å². The Hall–Kier alpha value is -4.02. The lowest BCUT2D eigenvalue weighted by Gasteiger charge is -2.14. The lowest BCUT2D eigenvalue weighted by molar-refractivity contribution is -0.112. The Kier molecular flexibility index (Phi) is 8.49. The highest BCUT2D eigenvalue weighted by molar-refractivity contribution is 6.32. The zero-order valence-corrected chi connectivity index (χ0v) is 19.4. The number of amides is 1. The second-order valence-corrected chi connectivity index (χ2v) is 7.44. The van der Waals surface area contributed by atoms with Crippen LogP contribution in [0.25, 0.3) is 6.08 Å². The summed E-state index contributed by atoms with van der Waals surface area (Å²) in [6, 6.07) is 17.9. The number of carbonyl (C=O) groups is 1. The maximum absolute atomic E-state index is 13.4. The number of halogens is 2. The van der Waals surface area contributed by atoms with Crippen LogP contribution in [0.5, 0.6) is 17.2 Å². The van der Waals surface area contributed by atoms with E-state index in [0.29, 0.717) is 34.9 Å². The summed E-state index contributed by atoms with van der Waals surface area (Å²) in [6.07, 6.45) is 1.40. The molecule has 0 radical (unpaired) electrons. The summed E-state index contributed by atoms with van der Waals surface area (Å²) >= 11 is 6.39. The van der Waals surface area contributed by atoms with Crippen LogP contribution in [0.2, 0.25) is 5.02 Å². The second-order valence-electron chi connectivity index (χ2n) is 7.04. The average molecular weight is 481 g/mol. The summed E-state index contributed by atoms with van der Waals surface area (Å²) in [6.45, 7) is 2.43. The highest BCUT2D eigenvalue weighted by Crippen LogP contribution is 2.37. The predicted molar refractivity (Wildman–Crippen MR) is 129 cm³/mol. The molecule has 0 aromatic heterocycles. The number of ether oxygens (including phenoxy) is 3. The first-order valence-corrected chi connectivity index (χ1v) is 10.7. The van der Waals surface area contributed by atoms with E-state index < -0.39 is 5.91 Å². The third-order valence-electron chi connectivity index (χ3n) is 4.60. The molecular weight excluding hydrogens is 459 g/mol. The molecule has 0 saturated heterocycles. The Morgan fingerprint density at radius 2 is 1.94 bits per heavy atom. The molecule has 6 nitrogen and oxygen atoms in total. The molecule has 3 aromatic rings. The van der Waals surface area contributed by atoms with E-state index in [-0.39, 0.29) is 28.8 Å². The number of methoxy groups -OCH3 is 1. The first-order valence-electron chi connectivity index (χ1n) is 10.3. The summed E-state index contributed by atoms with van der Waals surface area (Å²) in [5.74, 6) is 0.218. The van der Waals surface area contributed by atoms with Crippen molar-refractivity contribution < 1.29 is 23.4 Å². The van der Waals surface area contributed by atoms with Gasteiger partial charge in [0.2, 0.25) is 0 Å². The van der Waals surface area contributed by atoms with Crippen LogP contribution >= 0.6 is 11.6 Å². The molecule has 1 N–H and O–H groups in total. The lowest BCUT2D eigenvalue weighted by Crippen LogP contribution is -2.13. The van der Waals surface area contributed by atoms with Gasteiger partial charge in [-0.1, -0.05) is 29.8 Å². The van der Waals surface area contributed by atoms with Crippen molar-refractivity contribution in [3.05, 3.63) is 88.2 Å². The van der Waals surface area contributed by atoms with E-state index in [0.717, 1.165) is 0 Å². The molecule has 8 heteroatoms. The van der Waals surface area contributed by atoms with Crippen molar-refractivity contribution in [3.8, 4) is 23.3 Å². The zero-order valence-electron chi connectivity index (χ0n) is 18.6. The van der Waals surface area contributed by atoms with Gasteiger partial charge in [0.25, 0.3) is 5.91 Å². The summed E-state index contributed by atoms with van der Waals surface area (Å²) in [5, 5.41) is 12.4. The Morgan fingerprint density at radius 3 is 2.65 bits per heavy atom. The number of nitriles is 1. The number of nitrogens with zero attached hydrogens (tertiary/aromatic N) is 1. The van der Waals surface area contributed by atoms with E-state index in [4.69, 9.17) is 25.8 Å². The Labute approximate surface area is 202 Å². The van der Waals surface area contributed by atoms with Crippen molar-refractivity contribution in [3.63, 3.8) is 0 Å². The minimum atomic E-state index is -0.585. The van der Waals surface area contributed by atoms with Gasteiger partial charge >= 0.3 is 0 Å². The molecule has 0 bridgehead atoms. The average Bonchev–Trinajstić information content (AvgIpc) is 2.82. The van der Waals surface area contributed by atoms with Gasteiger partial charge in [0.15, 0.2) is 11.5 Å². The Balaban J connectivity index is 1.80. The molecule has 1 amide bonds. The van der Waals surface area contributed by atoms with E-state index in [1.165, 1.54) is 25.3 Å². The van der Waals surface area contributed by atoms with Gasteiger partial charge in [-0.15, -0.1) is 0 Å². The molecular formula is C26H22ClFN2O4. The van der Waals surface area contributed by atoms with E-state index in [2.05, 4.69) is 5.32 Å². The van der Waals surface area contributed by atoms with E-state index in [1.54, 1.807) is 48.5 Å². The minimum absolute atomic E-state index is 0.0791. The van der Waals surface area contributed by atoms with Gasteiger partial charge in [-0.05, 0) is 60.5 Å². The van der Waals surface area contributed by atoms with Crippen molar-refractivity contribution in [2.24, 2.45) is 0 Å². The van der Waals surface area contributed by atoms with Gasteiger partial charge in [-0.3, -0.25) is 4.79 Å². The molecule has 3 rings (SSSR count). The van der Waals surface area contributed by atoms with Crippen LogP contribution in [0.4, 0.5) is 10.1 Å². The monoisotopic (exact) mass is 480 g/mol. The summed E-state index contributed by atoms with van der Waals surface area (Å²) in [4.78, 5) is 12.6. The molecule has 0 saturated carbocycles. The zero-order chi connectivity index (χ0) is 24.5. The molecule has 0 unspecified atom stereocenters. The van der Waals surface area contributed by atoms with Crippen molar-refractivity contribution in [1.29, 1.82) is 5.26 Å². The molecule has 174 valence electrons. The molecule has 0 aliphatic rings. The van der Waals surface area contributed by atoms with Gasteiger partial charge in [0.1, 0.15) is 29.8 Å². The number of benzene rings is 3. The highest BCUT2D eigenvalue weighted by Gasteiger charge is 2.15. The topological polar surface area (TPSA) is 80.6 Å². The fourth-order valence-electron chi connectivity index (χ4n) is 3.09. The van der Waals surface area contributed by atoms with Crippen LogP contribution in [0.1, 0.15) is 18.1 Å².